The van der Waals surface area contributed by atoms with Gasteiger partial charge in [-0.1, -0.05) is 41.9 Å². The maximum absolute atomic E-state index is 13.5. The molecule has 0 unspecified atom stereocenters. The van der Waals surface area contributed by atoms with E-state index >= 15 is 0 Å². The molecule has 0 bridgehead atoms. The lowest BCUT2D eigenvalue weighted by Gasteiger charge is -2.31. The molecule has 0 heterocycles. The molecule has 0 spiro atoms. The Morgan fingerprint density at radius 1 is 1.09 bits per heavy atom. The number of amides is 2. The average Bonchev–Trinajstić information content (AvgIpc) is 2.78. The molecule has 2 amide bonds. The third-order valence-corrected chi connectivity index (χ3v) is 6.77. The lowest BCUT2D eigenvalue weighted by atomic mass is 10.1. The first-order valence-electron chi connectivity index (χ1n) is 10.9. The normalized spacial score (nSPS) is 12.2. The Bertz CT molecular complexity index is 1090. The predicted octanol–water partition coefficient (Wildman–Crippen LogP) is 3.41. The molecule has 0 aliphatic carbocycles. The van der Waals surface area contributed by atoms with Crippen molar-refractivity contribution < 1.29 is 22.7 Å². The van der Waals surface area contributed by atoms with Gasteiger partial charge in [0.2, 0.25) is 21.8 Å². The molecule has 1 atom stereocenters. The van der Waals surface area contributed by atoms with E-state index < -0.39 is 28.5 Å². The van der Waals surface area contributed by atoms with Crippen LogP contribution in [0.2, 0.25) is 0 Å². The predicted molar refractivity (Wildman–Crippen MR) is 137 cm³/mol. The molecule has 2 aromatic rings. The van der Waals surface area contributed by atoms with E-state index in [1.165, 1.54) is 12.0 Å². The Labute approximate surface area is 210 Å². The average molecular weight is 555 g/mol. The van der Waals surface area contributed by atoms with Gasteiger partial charge in [0, 0.05) is 17.6 Å². The van der Waals surface area contributed by atoms with Gasteiger partial charge in [-0.2, -0.15) is 0 Å². The quantitative estimate of drug-likeness (QED) is 0.460. The Balaban J connectivity index is 2.35. The van der Waals surface area contributed by atoms with Crippen LogP contribution < -0.4 is 14.4 Å². The summed E-state index contributed by atoms with van der Waals surface area (Å²) in [4.78, 5) is 27.7. The second-order valence-electron chi connectivity index (χ2n) is 8.43. The van der Waals surface area contributed by atoms with Gasteiger partial charge in [0.05, 0.1) is 19.1 Å². The van der Waals surface area contributed by atoms with Gasteiger partial charge in [0.25, 0.3) is 0 Å². The summed E-state index contributed by atoms with van der Waals surface area (Å²) in [6.45, 7) is 5.78. The van der Waals surface area contributed by atoms with Crippen molar-refractivity contribution >= 4 is 43.5 Å². The first-order chi connectivity index (χ1) is 15.9. The van der Waals surface area contributed by atoms with Crippen molar-refractivity contribution in [3.05, 3.63) is 58.6 Å². The van der Waals surface area contributed by atoms with Crippen LogP contribution in [0.3, 0.4) is 0 Å². The highest BCUT2D eigenvalue weighted by molar-refractivity contribution is 9.10. The molecule has 0 saturated carbocycles. The smallest absolute Gasteiger partial charge is 0.244 e. The fourth-order valence-electron chi connectivity index (χ4n) is 3.23. The number of nitrogens with zero attached hydrogens (tertiary/aromatic N) is 2. The maximum atomic E-state index is 13.5. The van der Waals surface area contributed by atoms with Crippen molar-refractivity contribution in [1.29, 1.82) is 0 Å². The molecular formula is C24H32BrN3O5S. The van der Waals surface area contributed by atoms with E-state index in [4.69, 9.17) is 4.74 Å². The highest BCUT2D eigenvalue weighted by atomic mass is 79.9. The number of methoxy groups -OCH3 is 1. The van der Waals surface area contributed by atoms with E-state index in [0.29, 0.717) is 18.0 Å². The third kappa shape index (κ3) is 8.02. The lowest BCUT2D eigenvalue weighted by Crippen LogP contribution is -2.51. The van der Waals surface area contributed by atoms with Crippen LogP contribution in [0.1, 0.15) is 26.3 Å². The number of nitrogens with one attached hydrogen (secondary N) is 1. The zero-order valence-corrected chi connectivity index (χ0v) is 22.5. The summed E-state index contributed by atoms with van der Waals surface area (Å²) in [5.74, 6) is 0.0252. The number of sulfonamides is 1. The van der Waals surface area contributed by atoms with Crippen LogP contribution in [0, 0.1) is 5.92 Å². The molecule has 2 aromatic carbocycles. The molecule has 0 saturated heterocycles. The first kappa shape index (κ1) is 27.7. The fraction of sp³-hybridized carbons (Fsp3) is 0.417. The summed E-state index contributed by atoms with van der Waals surface area (Å²) in [6, 6.07) is 13.0. The summed E-state index contributed by atoms with van der Waals surface area (Å²) in [5.41, 5.74) is 1.14. The minimum Gasteiger partial charge on any atom is -0.497 e. The number of rotatable bonds is 11. The number of hydrogen-bond acceptors (Lipinski definition) is 5. The third-order valence-electron chi connectivity index (χ3n) is 5.13. The number of hydrogen-bond donors (Lipinski definition) is 1. The molecule has 1 N–H and O–H groups in total. The van der Waals surface area contributed by atoms with Crippen molar-refractivity contribution in [1.82, 2.24) is 10.2 Å². The van der Waals surface area contributed by atoms with Gasteiger partial charge in [-0.05, 0) is 54.8 Å². The fourth-order valence-corrected chi connectivity index (χ4v) is 4.53. The summed E-state index contributed by atoms with van der Waals surface area (Å²) in [7, 11) is -2.26. The van der Waals surface area contributed by atoms with Gasteiger partial charge >= 0.3 is 0 Å². The molecule has 8 nitrogen and oxygen atoms in total. The van der Waals surface area contributed by atoms with Crippen molar-refractivity contribution in [2.24, 2.45) is 5.92 Å². The standard InChI is InChI=1S/C24H32BrN3O5S/c1-17(2)14-26-24(30)18(3)27(15-19-7-6-8-20(25)13-19)23(29)16-28(34(5,31)32)21-9-11-22(33-4)12-10-21/h6-13,17-18H,14-16H2,1-5H3,(H,26,30)/t18-/m1/s1. The van der Waals surface area contributed by atoms with E-state index in [0.717, 1.165) is 20.6 Å². The molecule has 0 radical (unpaired) electrons. The Kier molecular flexibility index (Phi) is 9.93. The molecule has 10 heteroatoms. The molecule has 0 aromatic heterocycles. The van der Waals surface area contributed by atoms with Gasteiger partial charge in [-0.15, -0.1) is 0 Å². The molecule has 34 heavy (non-hydrogen) atoms. The number of ether oxygens (including phenoxy) is 1. The minimum absolute atomic E-state index is 0.148. The van der Waals surface area contributed by atoms with Gasteiger partial charge in [0.1, 0.15) is 18.3 Å². The highest BCUT2D eigenvalue weighted by Crippen LogP contribution is 2.22. The van der Waals surface area contributed by atoms with Gasteiger partial charge in [0.15, 0.2) is 0 Å². The topological polar surface area (TPSA) is 96.0 Å². The Morgan fingerprint density at radius 2 is 1.74 bits per heavy atom. The number of halogens is 1. The lowest BCUT2D eigenvalue weighted by molar-refractivity contribution is -0.139. The van der Waals surface area contributed by atoms with E-state index in [2.05, 4.69) is 21.2 Å². The Morgan fingerprint density at radius 3 is 2.26 bits per heavy atom. The van der Waals surface area contributed by atoms with Crippen LogP contribution in [0.25, 0.3) is 0 Å². The van der Waals surface area contributed by atoms with E-state index in [9.17, 15) is 18.0 Å². The van der Waals surface area contributed by atoms with Crippen LogP contribution >= 0.6 is 15.9 Å². The second-order valence-corrected chi connectivity index (χ2v) is 11.3. The minimum atomic E-state index is -3.78. The van der Waals surface area contributed by atoms with Gasteiger partial charge < -0.3 is 15.0 Å². The molecule has 2 rings (SSSR count). The number of carbonyl (C=O) groups is 2. The van der Waals surface area contributed by atoms with E-state index in [1.807, 2.05) is 38.1 Å². The monoisotopic (exact) mass is 553 g/mol. The summed E-state index contributed by atoms with van der Waals surface area (Å²) >= 11 is 3.42. The summed E-state index contributed by atoms with van der Waals surface area (Å²) in [6.07, 6.45) is 1.04. The number of anilines is 1. The SMILES string of the molecule is COc1ccc(N(CC(=O)N(Cc2cccc(Br)c2)[C@H](C)C(=O)NCC(C)C)S(C)(=O)=O)cc1. The van der Waals surface area contributed by atoms with Crippen LogP contribution in [-0.2, 0) is 26.2 Å². The molecular weight excluding hydrogens is 522 g/mol. The zero-order chi connectivity index (χ0) is 25.5. The molecule has 0 aliphatic heterocycles. The number of benzene rings is 2. The van der Waals surface area contributed by atoms with Crippen LogP contribution in [0.5, 0.6) is 5.75 Å². The van der Waals surface area contributed by atoms with Crippen molar-refractivity contribution in [2.75, 3.05) is 30.8 Å². The van der Waals surface area contributed by atoms with Gasteiger partial charge in [-0.25, -0.2) is 8.42 Å². The van der Waals surface area contributed by atoms with Crippen LogP contribution in [0.4, 0.5) is 5.69 Å². The maximum Gasteiger partial charge on any atom is 0.244 e. The molecule has 186 valence electrons. The van der Waals surface area contributed by atoms with E-state index in [-0.39, 0.29) is 18.4 Å². The molecule has 0 fully saturated rings. The largest absolute Gasteiger partial charge is 0.497 e. The first-order valence-corrected chi connectivity index (χ1v) is 13.5. The Hall–Kier alpha value is -2.59. The second kappa shape index (κ2) is 12.2. The van der Waals surface area contributed by atoms with Crippen molar-refractivity contribution in [2.45, 2.75) is 33.4 Å². The summed E-state index contributed by atoms with van der Waals surface area (Å²) in [5, 5.41) is 2.85. The van der Waals surface area contributed by atoms with Crippen molar-refractivity contribution in [3.8, 4) is 5.75 Å². The van der Waals surface area contributed by atoms with Crippen LogP contribution in [-0.4, -0.2) is 57.6 Å². The number of carbonyl (C=O) groups excluding carboxylic acids is 2. The summed E-state index contributed by atoms with van der Waals surface area (Å²) < 4.78 is 32.1. The van der Waals surface area contributed by atoms with Crippen molar-refractivity contribution in [3.63, 3.8) is 0 Å². The van der Waals surface area contributed by atoms with Gasteiger partial charge in [-0.3, -0.25) is 13.9 Å². The zero-order valence-electron chi connectivity index (χ0n) is 20.1. The molecule has 0 aliphatic rings. The highest BCUT2D eigenvalue weighted by Gasteiger charge is 2.30. The van der Waals surface area contributed by atoms with Crippen LogP contribution in [0.15, 0.2) is 53.0 Å². The van der Waals surface area contributed by atoms with E-state index in [1.54, 1.807) is 31.2 Å².